The van der Waals surface area contributed by atoms with Crippen LogP contribution >= 0.6 is 0 Å². The van der Waals surface area contributed by atoms with Crippen molar-refractivity contribution in [1.82, 2.24) is 0 Å². The Morgan fingerprint density at radius 1 is 0.500 bits per heavy atom. The van der Waals surface area contributed by atoms with Crippen LogP contribution < -0.4 is 0 Å². The summed E-state index contributed by atoms with van der Waals surface area (Å²) in [6, 6.07) is 20.1. The molecule has 32 heavy (non-hydrogen) atoms. The molecule has 0 bridgehead atoms. The Hall–Kier alpha value is -2.87. The Balaban J connectivity index is 0.000000186. The van der Waals surface area contributed by atoms with Crippen LogP contribution in [-0.2, 0) is 30.4 Å². The summed E-state index contributed by atoms with van der Waals surface area (Å²) in [6.07, 6.45) is 0. The van der Waals surface area contributed by atoms with E-state index in [0.29, 0.717) is 5.39 Å². The van der Waals surface area contributed by atoms with Gasteiger partial charge in [-0.3, -0.25) is 13.7 Å². The fourth-order valence-corrected chi connectivity index (χ4v) is 5.54. The van der Waals surface area contributed by atoms with Gasteiger partial charge in [0.1, 0.15) is 9.79 Å². The zero-order chi connectivity index (χ0) is 23.7. The Kier molecular flexibility index (Phi) is 6.38. The third-order valence-electron chi connectivity index (χ3n) is 4.40. The van der Waals surface area contributed by atoms with Crippen LogP contribution in [0.1, 0.15) is 0 Å². The van der Waals surface area contributed by atoms with Gasteiger partial charge in [-0.2, -0.15) is 25.3 Å². The smallest absolute Gasteiger partial charge is 0.282 e. The molecule has 168 valence electrons. The summed E-state index contributed by atoms with van der Waals surface area (Å²) in [5, 5.41) is 2.19. The molecule has 0 spiro atoms. The van der Waals surface area contributed by atoms with E-state index in [2.05, 4.69) is 0 Å². The molecule has 4 aromatic carbocycles. The van der Waals surface area contributed by atoms with E-state index in [0.717, 1.165) is 16.8 Å². The van der Waals surface area contributed by atoms with Crippen molar-refractivity contribution >= 4 is 51.9 Å². The van der Waals surface area contributed by atoms with Gasteiger partial charge in [-0.15, -0.1) is 0 Å². The molecule has 0 atom stereocenters. The van der Waals surface area contributed by atoms with Gasteiger partial charge >= 0.3 is 0 Å². The normalized spacial score (nSPS) is 12.3. The van der Waals surface area contributed by atoms with E-state index in [1.54, 1.807) is 24.3 Å². The van der Waals surface area contributed by atoms with Gasteiger partial charge in [0.15, 0.2) is 0 Å². The fourth-order valence-electron chi connectivity index (χ4n) is 3.02. The van der Waals surface area contributed by atoms with Crippen LogP contribution in [0.4, 0.5) is 0 Å². The predicted molar refractivity (Wildman–Crippen MR) is 117 cm³/mol. The van der Waals surface area contributed by atoms with Gasteiger partial charge in [0.25, 0.3) is 30.4 Å². The monoisotopic (exact) mass is 496 g/mol. The molecule has 0 saturated heterocycles. The van der Waals surface area contributed by atoms with Crippen LogP contribution in [0.2, 0.25) is 0 Å². The molecule has 0 aromatic heterocycles. The van der Waals surface area contributed by atoms with Crippen LogP contribution in [0, 0.1) is 0 Å². The van der Waals surface area contributed by atoms with Gasteiger partial charge in [-0.05, 0) is 34.4 Å². The second-order valence-electron chi connectivity index (χ2n) is 6.55. The predicted octanol–water partition coefficient (Wildman–Crippen LogP) is 3.42. The molecular weight excluding hydrogens is 480 g/mol. The molecule has 0 fully saturated rings. The SMILES string of the molecule is O=S(=O)(O)c1ccc2ccccc2c1.O=S(=O)(O)c1ccc2ccccc2c1S(=O)(=O)O. The highest BCUT2D eigenvalue weighted by Crippen LogP contribution is 2.29. The van der Waals surface area contributed by atoms with Gasteiger partial charge in [0.05, 0.1) is 4.90 Å². The molecular formula is C20H16O9S3. The molecule has 12 heteroatoms. The zero-order valence-corrected chi connectivity index (χ0v) is 18.5. The minimum Gasteiger partial charge on any atom is -0.282 e. The minimum atomic E-state index is -4.78. The summed E-state index contributed by atoms with van der Waals surface area (Å²) in [5.74, 6) is 0. The van der Waals surface area contributed by atoms with Crippen molar-refractivity contribution in [3.63, 3.8) is 0 Å². The largest absolute Gasteiger partial charge is 0.296 e. The molecule has 0 aliphatic heterocycles. The third kappa shape index (κ3) is 5.30. The summed E-state index contributed by atoms with van der Waals surface area (Å²) in [7, 11) is -13.6. The molecule has 4 aromatic rings. The van der Waals surface area contributed by atoms with E-state index < -0.39 is 40.1 Å². The first-order valence-electron chi connectivity index (χ1n) is 8.71. The maximum Gasteiger partial charge on any atom is 0.296 e. The van der Waals surface area contributed by atoms with E-state index in [1.165, 1.54) is 30.3 Å². The van der Waals surface area contributed by atoms with E-state index in [-0.39, 0.29) is 10.3 Å². The van der Waals surface area contributed by atoms with E-state index >= 15 is 0 Å². The molecule has 0 aliphatic carbocycles. The summed E-state index contributed by atoms with van der Waals surface area (Å²) >= 11 is 0. The first-order chi connectivity index (χ1) is 14.8. The Morgan fingerprint density at radius 3 is 1.59 bits per heavy atom. The van der Waals surface area contributed by atoms with Crippen LogP contribution in [0.25, 0.3) is 21.5 Å². The zero-order valence-electron chi connectivity index (χ0n) is 16.0. The van der Waals surface area contributed by atoms with Crippen molar-refractivity contribution in [2.24, 2.45) is 0 Å². The minimum absolute atomic E-state index is 0.0233. The number of benzene rings is 4. The average molecular weight is 497 g/mol. The van der Waals surface area contributed by atoms with Gasteiger partial charge in [-0.25, -0.2) is 0 Å². The lowest BCUT2D eigenvalue weighted by molar-refractivity contribution is 0.467. The molecule has 4 rings (SSSR count). The summed E-state index contributed by atoms with van der Waals surface area (Å²) in [6.45, 7) is 0. The Bertz CT molecular complexity index is 1640. The topological polar surface area (TPSA) is 163 Å². The van der Waals surface area contributed by atoms with Crippen molar-refractivity contribution in [3.05, 3.63) is 78.9 Å². The first-order valence-corrected chi connectivity index (χ1v) is 13.0. The van der Waals surface area contributed by atoms with E-state index in [1.807, 2.05) is 18.2 Å². The number of hydrogen-bond donors (Lipinski definition) is 3. The average Bonchev–Trinajstić information content (AvgIpc) is 2.71. The molecule has 9 nitrogen and oxygen atoms in total. The highest BCUT2D eigenvalue weighted by atomic mass is 32.2. The van der Waals surface area contributed by atoms with E-state index in [9.17, 15) is 25.3 Å². The maximum atomic E-state index is 11.3. The first kappa shape index (κ1) is 23.8. The second kappa shape index (κ2) is 8.58. The lowest BCUT2D eigenvalue weighted by Crippen LogP contribution is -2.09. The standard InChI is InChI=1S/C10H8O6S2.C10H8O3S/c11-17(12,13)9-6-5-7-3-1-2-4-8(7)10(9)18(14,15)16;11-14(12,13)10-6-5-8-3-1-2-4-9(8)7-10/h1-6H,(H,11,12,13)(H,14,15,16);1-7H,(H,11,12,13). The lowest BCUT2D eigenvalue weighted by Gasteiger charge is -2.08. The number of rotatable bonds is 3. The molecule has 0 saturated carbocycles. The van der Waals surface area contributed by atoms with Gasteiger partial charge in [0, 0.05) is 5.39 Å². The Morgan fingerprint density at radius 2 is 1.03 bits per heavy atom. The third-order valence-corrected chi connectivity index (χ3v) is 7.23. The second-order valence-corrected chi connectivity index (χ2v) is 10.7. The van der Waals surface area contributed by atoms with Gasteiger partial charge < -0.3 is 0 Å². The van der Waals surface area contributed by atoms with Crippen LogP contribution in [0.5, 0.6) is 0 Å². The highest BCUT2D eigenvalue weighted by Gasteiger charge is 2.26. The quantitative estimate of drug-likeness (QED) is 0.361. The molecule has 0 radical (unpaired) electrons. The summed E-state index contributed by atoms with van der Waals surface area (Å²) in [5.41, 5.74) is 0. The molecule has 0 aliphatic rings. The van der Waals surface area contributed by atoms with Crippen LogP contribution in [0.15, 0.2) is 93.5 Å². The highest BCUT2D eigenvalue weighted by molar-refractivity contribution is 7.89. The van der Waals surface area contributed by atoms with Crippen LogP contribution in [0.3, 0.4) is 0 Å². The van der Waals surface area contributed by atoms with Gasteiger partial charge in [-0.1, -0.05) is 60.7 Å². The van der Waals surface area contributed by atoms with Crippen molar-refractivity contribution in [3.8, 4) is 0 Å². The van der Waals surface area contributed by atoms with Gasteiger partial charge in [0.2, 0.25) is 0 Å². The lowest BCUT2D eigenvalue weighted by atomic mass is 10.1. The maximum absolute atomic E-state index is 11.3. The number of fused-ring (bicyclic) bond motifs is 2. The Labute approximate surface area is 184 Å². The van der Waals surface area contributed by atoms with Crippen molar-refractivity contribution in [2.75, 3.05) is 0 Å². The van der Waals surface area contributed by atoms with Crippen molar-refractivity contribution < 1.29 is 38.9 Å². The van der Waals surface area contributed by atoms with Crippen LogP contribution in [-0.4, -0.2) is 38.9 Å². The number of hydrogen-bond acceptors (Lipinski definition) is 6. The molecule has 3 N–H and O–H groups in total. The fraction of sp³-hybridized carbons (Fsp3) is 0. The molecule has 0 unspecified atom stereocenters. The van der Waals surface area contributed by atoms with Crippen molar-refractivity contribution in [2.45, 2.75) is 14.7 Å². The summed E-state index contributed by atoms with van der Waals surface area (Å²) in [4.78, 5) is -1.73. The molecule has 0 heterocycles. The van der Waals surface area contributed by atoms with E-state index in [4.69, 9.17) is 13.7 Å². The summed E-state index contributed by atoms with van der Waals surface area (Å²) < 4.78 is 93.4. The molecule has 0 amide bonds. The van der Waals surface area contributed by atoms with Crippen molar-refractivity contribution in [1.29, 1.82) is 0 Å².